The molecule has 0 bridgehead atoms. The first kappa shape index (κ1) is 18.1. The van der Waals surface area contributed by atoms with Crippen molar-refractivity contribution >= 4 is 17.4 Å². The number of benzene rings is 2. The van der Waals surface area contributed by atoms with Crippen LogP contribution in [0, 0.1) is 19.7 Å². The average Bonchev–Trinajstić information content (AvgIpc) is 2.58. The number of aryl methyl sites for hydroxylation is 2. The largest absolute Gasteiger partial charge is 0.456 e. The molecule has 0 atom stereocenters. The Balaban J connectivity index is 2.19. The summed E-state index contributed by atoms with van der Waals surface area (Å²) in [6.45, 7) is 5.04. The Hall–Kier alpha value is -2.72. The molecule has 0 aliphatic carbocycles. The van der Waals surface area contributed by atoms with E-state index in [1.54, 1.807) is 30.5 Å². The maximum absolute atomic E-state index is 14.4. The highest BCUT2D eigenvalue weighted by molar-refractivity contribution is 6.30. The third-order valence-corrected chi connectivity index (χ3v) is 4.34. The van der Waals surface area contributed by atoms with Crippen LogP contribution in [-0.2, 0) is 0 Å². The number of hydrogen-bond acceptors (Lipinski definition) is 3. The van der Waals surface area contributed by atoms with Crippen LogP contribution in [0.15, 0.2) is 48.7 Å². The molecule has 3 nitrogen and oxygen atoms in total. The fourth-order valence-electron chi connectivity index (χ4n) is 2.73. The second-order valence-corrected chi connectivity index (χ2v) is 6.47. The smallest absolute Gasteiger partial charge is 0.162 e. The van der Waals surface area contributed by atoms with Gasteiger partial charge in [-0.15, -0.1) is 0 Å². The monoisotopic (exact) mass is 369 g/mol. The predicted octanol–water partition coefficient (Wildman–Crippen LogP) is 6.15. The van der Waals surface area contributed by atoms with E-state index < -0.39 is 5.82 Å². The van der Waals surface area contributed by atoms with Gasteiger partial charge in [0.05, 0.1) is 5.56 Å². The van der Waals surface area contributed by atoms with E-state index in [1.807, 2.05) is 19.9 Å². The topological polar surface area (TPSA) is 39.2 Å². The number of hydrogen-bond donors (Lipinski definition) is 0. The highest BCUT2D eigenvalue weighted by atomic mass is 35.5. The van der Waals surface area contributed by atoms with Crippen LogP contribution in [0.1, 0.15) is 28.5 Å². The summed E-state index contributed by atoms with van der Waals surface area (Å²) >= 11 is 5.99. The second-order valence-electron chi connectivity index (χ2n) is 6.03. The van der Waals surface area contributed by atoms with Crippen LogP contribution in [0.4, 0.5) is 4.39 Å². The lowest BCUT2D eigenvalue weighted by atomic mass is 9.99. The molecule has 2 aromatic carbocycles. The molecular weight excluding hydrogens is 353 g/mol. The Labute approximate surface area is 156 Å². The Morgan fingerprint density at radius 1 is 1.08 bits per heavy atom. The van der Waals surface area contributed by atoms with Crippen LogP contribution < -0.4 is 4.74 Å². The van der Waals surface area contributed by atoms with Crippen LogP contribution in [-0.4, -0.2) is 10.8 Å². The second kappa shape index (κ2) is 7.26. The van der Waals surface area contributed by atoms with Crippen LogP contribution in [0.25, 0.3) is 11.1 Å². The molecule has 0 amide bonds. The fraction of sp³-hybridized carbons (Fsp3) is 0.143. The average molecular weight is 370 g/mol. The third kappa shape index (κ3) is 3.60. The first-order valence-corrected chi connectivity index (χ1v) is 8.45. The van der Waals surface area contributed by atoms with Crippen molar-refractivity contribution in [3.8, 4) is 22.6 Å². The van der Waals surface area contributed by atoms with Gasteiger partial charge in [0.2, 0.25) is 0 Å². The summed E-state index contributed by atoms with van der Waals surface area (Å²) in [5.74, 6) is -0.0925. The number of aromatic nitrogens is 1. The molecule has 0 saturated carbocycles. The van der Waals surface area contributed by atoms with Gasteiger partial charge < -0.3 is 4.74 Å². The number of carbonyl (C=O) groups excluding carboxylic acids is 1. The number of ketones is 1. The molecule has 1 heterocycles. The maximum atomic E-state index is 14.4. The van der Waals surface area contributed by atoms with Gasteiger partial charge in [-0.3, -0.25) is 9.78 Å². The number of ether oxygens (including phenoxy) is 1. The molecule has 5 heteroatoms. The van der Waals surface area contributed by atoms with Gasteiger partial charge in [0, 0.05) is 34.1 Å². The molecule has 3 aromatic rings. The van der Waals surface area contributed by atoms with Crippen LogP contribution in [0.2, 0.25) is 5.02 Å². The van der Waals surface area contributed by atoms with E-state index in [4.69, 9.17) is 16.3 Å². The number of pyridine rings is 1. The number of Topliss-reactive ketones (excluding diaryl/α,β-unsaturated/α-hetero) is 1. The van der Waals surface area contributed by atoms with Crippen LogP contribution >= 0.6 is 11.6 Å². The zero-order valence-corrected chi connectivity index (χ0v) is 15.4. The van der Waals surface area contributed by atoms with Crippen LogP contribution in [0.3, 0.4) is 0 Å². The summed E-state index contributed by atoms with van der Waals surface area (Å²) in [6.07, 6.45) is 1.68. The Kier molecular flexibility index (Phi) is 5.05. The normalized spacial score (nSPS) is 10.7. The van der Waals surface area contributed by atoms with Gasteiger partial charge in [-0.25, -0.2) is 4.39 Å². The van der Waals surface area contributed by atoms with E-state index in [0.717, 1.165) is 16.8 Å². The van der Waals surface area contributed by atoms with E-state index in [9.17, 15) is 9.18 Å². The van der Waals surface area contributed by atoms with Crippen molar-refractivity contribution in [3.63, 3.8) is 0 Å². The van der Waals surface area contributed by atoms with Gasteiger partial charge in [-0.1, -0.05) is 17.7 Å². The highest BCUT2D eigenvalue weighted by Gasteiger charge is 2.18. The van der Waals surface area contributed by atoms with Crippen molar-refractivity contribution in [2.75, 3.05) is 0 Å². The zero-order valence-electron chi connectivity index (χ0n) is 14.6. The zero-order chi connectivity index (χ0) is 18.8. The van der Waals surface area contributed by atoms with Crippen LogP contribution in [0.5, 0.6) is 11.5 Å². The van der Waals surface area contributed by atoms with E-state index >= 15 is 0 Å². The van der Waals surface area contributed by atoms with Gasteiger partial charge in [-0.05, 0) is 56.7 Å². The number of rotatable bonds is 4. The van der Waals surface area contributed by atoms with Crippen molar-refractivity contribution in [1.29, 1.82) is 0 Å². The number of halogens is 2. The summed E-state index contributed by atoms with van der Waals surface area (Å²) < 4.78 is 20.4. The number of nitrogens with zero attached hydrogens (tertiary/aromatic N) is 1. The molecule has 0 fully saturated rings. The summed E-state index contributed by atoms with van der Waals surface area (Å²) in [6, 6.07) is 11.6. The van der Waals surface area contributed by atoms with E-state index in [2.05, 4.69) is 4.98 Å². The quantitative estimate of drug-likeness (QED) is 0.517. The summed E-state index contributed by atoms with van der Waals surface area (Å²) in [5, 5.41) is 0.594. The molecule has 0 spiro atoms. The van der Waals surface area contributed by atoms with Crippen molar-refractivity contribution in [2.45, 2.75) is 20.8 Å². The fourth-order valence-corrected chi connectivity index (χ4v) is 2.96. The number of carbonyl (C=O) groups is 1. The molecule has 0 radical (unpaired) electrons. The molecule has 0 aliphatic heterocycles. The Bertz CT molecular complexity index is 1000. The molecule has 0 N–H and O–H groups in total. The highest BCUT2D eigenvalue weighted by Crippen LogP contribution is 2.38. The summed E-state index contributed by atoms with van der Waals surface area (Å²) in [4.78, 5) is 16.1. The Morgan fingerprint density at radius 3 is 2.50 bits per heavy atom. The molecule has 0 saturated heterocycles. The predicted molar refractivity (Wildman–Crippen MR) is 101 cm³/mol. The summed E-state index contributed by atoms with van der Waals surface area (Å²) in [7, 11) is 0. The van der Waals surface area contributed by atoms with Gasteiger partial charge >= 0.3 is 0 Å². The van der Waals surface area contributed by atoms with Crippen molar-refractivity contribution in [3.05, 3.63) is 76.3 Å². The lowest BCUT2D eigenvalue weighted by molar-refractivity contribution is 0.101. The van der Waals surface area contributed by atoms with E-state index in [-0.39, 0.29) is 11.3 Å². The van der Waals surface area contributed by atoms with Gasteiger partial charge in [0.25, 0.3) is 0 Å². The molecule has 1 aromatic heterocycles. The van der Waals surface area contributed by atoms with Gasteiger partial charge in [0.15, 0.2) is 5.78 Å². The Morgan fingerprint density at radius 2 is 1.85 bits per heavy atom. The molecular formula is C21H17ClFNO2. The van der Waals surface area contributed by atoms with Crippen molar-refractivity contribution in [1.82, 2.24) is 4.98 Å². The minimum Gasteiger partial charge on any atom is -0.456 e. The standard InChI is InChI=1S/C21H17ClFNO2/c1-12-9-15(22)6-7-20(12)26-21-11-19(23)17(14(3)25)10-18(21)16-5-4-8-24-13(16)2/h4-11H,1-3H3. The first-order valence-electron chi connectivity index (χ1n) is 8.07. The first-order chi connectivity index (χ1) is 12.4. The lowest BCUT2D eigenvalue weighted by Crippen LogP contribution is -2.01. The summed E-state index contributed by atoms with van der Waals surface area (Å²) in [5.41, 5.74) is 2.98. The molecule has 132 valence electrons. The SMILES string of the molecule is CC(=O)c1cc(-c2cccnc2C)c(Oc2ccc(Cl)cc2C)cc1F. The van der Waals surface area contributed by atoms with Crippen molar-refractivity contribution < 1.29 is 13.9 Å². The van der Waals surface area contributed by atoms with Crippen molar-refractivity contribution in [2.24, 2.45) is 0 Å². The maximum Gasteiger partial charge on any atom is 0.162 e. The molecule has 0 unspecified atom stereocenters. The molecule has 3 rings (SSSR count). The molecule has 0 aliphatic rings. The minimum absolute atomic E-state index is 0.0171. The lowest BCUT2D eigenvalue weighted by Gasteiger charge is -2.16. The van der Waals surface area contributed by atoms with E-state index in [1.165, 1.54) is 19.1 Å². The van der Waals surface area contributed by atoms with E-state index in [0.29, 0.717) is 22.1 Å². The third-order valence-electron chi connectivity index (χ3n) is 4.10. The minimum atomic E-state index is -0.621. The van der Waals surface area contributed by atoms with Gasteiger partial charge in [-0.2, -0.15) is 0 Å². The van der Waals surface area contributed by atoms with Gasteiger partial charge in [0.1, 0.15) is 17.3 Å². The molecule has 26 heavy (non-hydrogen) atoms.